The first-order valence-electron chi connectivity index (χ1n) is 5.48. The Hall–Kier alpha value is -1.65. The molecule has 8 nitrogen and oxygen atoms in total. The van der Waals surface area contributed by atoms with E-state index in [9.17, 15) is 18.0 Å². The third-order valence-corrected chi connectivity index (χ3v) is 4.50. The SMILES string of the molecule is COc1ccc(S(=O)(=O)N[C@@H](CC(=O)O)C(=O)O)cc1Br. The lowest BCUT2D eigenvalue weighted by Gasteiger charge is -2.13. The van der Waals surface area contributed by atoms with E-state index in [1.807, 2.05) is 4.72 Å². The summed E-state index contributed by atoms with van der Waals surface area (Å²) in [6, 6.07) is 2.06. The van der Waals surface area contributed by atoms with Gasteiger partial charge < -0.3 is 14.9 Å². The van der Waals surface area contributed by atoms with E-state index >= 15 is 0 Å². The number of carboxylic acid groups (broad SMARTS) is 2. The third-order valence-electron chi connectivity index (χ3n) is 2.41. The molecule has 0 aliphatic heterocycles. The number of rotatable bonds is 7. The molecule has 0 saturated heterocycles. The number of methoxy groups -OCH3 is 1. The minimum absolute atomic E-state index is 0.216. The molecule has 116 valence electrons. The van der Waals surface area contributed by atoms with Crippen molar-refractivity contribution in [3.63, 3.8) is 0 Å². The average Bonchev–Trinajstić information content (AvgIpc) is 2.36. The van der Waals surface area contributed by atoms with Crippen LogP contribution in [0.5, 0.6) is 5.75 Å². The molecule has 1 aromatic rings. The van der Waals surface area contributed by atoms with E-state index in [1.54, 1.807) is 0 Å². The summed E-state index contributed by atoms with van der Waals surface area (Å²) in [5.41, 5.74) is 0. The summed E-state index contributed by atoms with van der Waals surface area (Å²) in [6.07, 6.45) is -0.869. The van der Waals surface area contributed by atoms with Crippen molar-refractivity contribution in [2.75, 3.05) is 7.11 Å². The van der Waals surface area contributed by atoms with Crippen LogP contribution in [0.15, 0.2) is 27.6 Å². The Labute approximate surface area is 128 Å². The molecule has 1 aromatic carbocycles. The number of halogens is 1. The quantitative estimate of drug-likeness (QED) is 0.632. The monoisotopic (exact) mass is 381 g/mol. The first-order valence-corrected chi connectivity index (χ1v) is 7.75. The molecule has 0 aromatic heterocycles. The van der Waals surface area contributed by atoms with Crippen LogP contribution in [0.4, 0.5) is 0 Å². The molecule has 0 radical (unpaired) electrons. The van der Waals surface area contributed by atoms with Gasteiger partial charge in [-0.05, 0) is 34.1 Å². The average molecular weight is 382 g/mol. The summed E-state index contributed by atoms with van der Waals surface area (Å²) in [5, 5.41) is 17.4. The topological polar surface area (TPSA) is 130 Å². The van der Waals surface area contributed by atoms with Crippen LogP contribution in [0, 0.1) is 0 Å². The smallest absolute Gasteiger partial charge is 0.322 e. The maximum atomic E-state index is 12.1. The number of hydrogen-bond donors (Lipinski definition) is 3. The fourth-order valence-electron chi connectivity index (χ4n) is 1.42. The highest BCUT2D eigenvalue weighted by Gasteiger charge is 2.27. The molecular formula is C11H12BrNO7S. The summed E-state index contributed by atoms with van der Waals surface area (Å²) in [7, 11) is -2.77. The molecule has 0 saturated carbocycles. The Bertz CT molecular complexity index is 659. The van der Waals surface area contributed by atoms with Crippen molar-refractivity contribution in [3.8, 4) is 5.75 Å². The van der Waals surface area contributed by atoms with Gasteiger partial charge in [-0.25, -0.2) is 8.42 Å². The van der Waals surface area contributed by atoms with E-state index in [0.717, 1.165) is 0 Å². The number of carboxylic acids is 2. The van der Waals surface area contributed by atoms with Crippen LogP contribution in [0.1, 0.15) is 6.42 Å². The van der Waals surface area contributed by atoms with Gasteiger partial charge in [0, 0.05) is 0 Å². The molecule has 0 aliphatic carbocycles. The van der Waals surface area contributed by atoms with Crippen molar-refractivity contribution in [2.45, 2.75) is 17.4 Å². The molecule has 0 heterocycles. The van der Waals surface area contributed by atoms with Crippen LogP contribution >= 0.6 is 15.9 Å². The van der Waals surface area contributed by atoms with Gasteiger partial charge >= 0.3 is 11.9 Å². The lowest BCUT2D eigenvalue weighted by Crippen LogP contribution is -2.42. The molecule has 3 N–H and O–H groups in total. The fourth-order valence-corrected chi connectivity index (χ4v) is 3.33. The standard InChI is InChI=1S/C11H12BrNO7S/c1-20-9-3-2-6(4-7(9)12)21(18,19)13-8(11(16)17)5-10(14)15/h2-4,8,13H,5H2,1H3,(H,14,15)(H,16,17)/t8-/m0/s1. The van der Waals surface area contributed by atoms with Crippen LogP contribution in [-0.2, 0) is 19.6 Å². The number of sulfonamides is 1. The maximum absolute atomic E-state index is 12.1. The first-order chi connectivity index (χ1) is 9.67. The van der Waals surface area contributed by atoms with E-state index in [0.29, 0.717) is 10.2 Å². The van der Waals surface area contributed by atoms with E-state index in [1.165, 1.54) is 25.3 Å². The van der Waals surface area contributed by atoms with Gasteiger partial charge in [0.1, 0.15) is 11.8 Å². The van der Waals surface area contributed by atoms with Crippen molar-refractivity contribution in [3.05, 3.63) is 22.7 Å². The molecule has 0 fully saturated rings. The predicted molar refractivity (Wildman–Crippen MR) is 74.7 cm³/mol. The van der Waals surface area contributed by atoms with Crippen LogP contribution in [0.25, 0.3) is 0 Å². The van der Waals surface area contributed by atoms with Crippen LogP contribution in [0.2, 0.25) is 0 Å². The predicted octanol–water partition coefficient (Wildman–Crippen LogP) is 0.664. The number of ether oxygens (including phenoxy) is 1. The van der Waals surface area contributed by atoms with E-state index < -0.39 is 34.4 Å². The van der Waals surface area contributed by atoms with Gasteiger partial charge in [-0.1, -0.05) is 0 Å². The number of nitrogens with one attached hydrogen (secondary N) is 1. The lowest BCUT2D eigenvalue weighted by atomic mass is 10.2. The molecule has 1 rings (SSSR count). The van der Waals surface area contributed by atoms with Crippen LogP contribution in [-0.4, -0.2) is 43.7 Å². The summed E-state index contributed by atoms with van der Waals surface area (Å²) in [4.78, 5) is 21.2. The maximum Gasteiger partial charge on any atom is 0.322 e. The summed E-state index contributed by atoms with van der Waals surface area (Å²) >= 11 is 3.11. The zero-order valence-electron chi connectivity index (χ0n) is 10.7. The third kappa shape index (κ3) is 4.69. The highest BCUT2D eigenvalue weighted by molar-refractivity contribution is 9.10. The Morgan fingerprint density at radius 1 is 1.38 bits per heavy atom. The Kier molecular flexibility index (Phi) is 5.70. The van der Waals surface area contributed by atoms with Crippen molar-refractivity contribution in [2.24, 2.45) is 0 Å². The molecule has 0 spiro atoms. The Balaban J connectivity index is 3.07. The zero-order valence-corrected chi connectivity index (χ0v) is 13.1. The molecule has 21 heavy (non-hydrogen) atoms. The normalized spacial score (nSPS) is 12.7. The molecular weight excluding hydrogens is 370 g/mol. The summed E-state index contributed by atoms with van der Waals surface area (Å²) < 4.78 is 31.2. The largest absolute Gasteiger partial charge is 0.496 e. The minimum Gasteiger partial charge on any atom is -0.496 e. The Morgan fingerprint density at radius 2 is 2.00 bits per heavy atom. The Morgan fingerprint density at radius 3 is 2.43 bits per heavy atom. The molecule has 10 heteroatoms. The second-order valence-corrected chi connectivity index (χ2v) is 6.47. The van der Waals surface area contributed by atoms with Gasteiger partial charge in [0.25, 0.3) is 0 Å². The molecule has 0 amide bonds. The summed E-state index contributed by atoms with van der Waals surface area (Å²) in [6.45, 7) is 0. The molecule has 1 atom stereocenters. The van der Waals surface area contributed by atoms with E-state index in [2.05, 4.69) is 15.9 Å². The molecule has 0 unspecified atom stereocenters. The number of carbonyl (C=O) groups is 2. The second-order valence-electron chi connectivity index (χ2n) is 3.91. The minimum atomic E-state index is -4.18. The van der Waals surface area contributed by atoms with Gasteiger partial charge in [-0.15, -0.1) is 0 Å². The number of aliphatic carboxylic acids is 2. The van der Waals surface area contributed by atoms with Crippen LogP contribution < -0.4 is 9.46 Å². The van der Waals surface area contributed by atoms with Crippen molar-refractivity contribution < 1.29 is 33.0 Å². The van der Waals surface area contributed by atoms with Gasteiger partial charge in [-0.3, -0.25) is 9.59 Å². The number of benzene rings is 1. The first kappa shape index (κ1) is 17.4. The van der Waals surface area contributed by atoms with Crippen molar-refractivity contribution >= 4 is 37.9 Å². The summed E-state index contributed by atoms with van der Waals surface area (Å²) in [5.74, 6) is -2.61. The van der Waals surface area contributed by atoms with Crippen molar-refractivity contribution in [1.82, 2.24) is 4.72 Å². The molecule has 0 aliphatic rings. The van der Waals surface area contributed by atoms with Crippen LogP contribution in [0.3, 0.4) is 0 Å². The zero-order chi connectivity index (χ0) is 16.2. The van der Waals surface area contributed by atoms with Gasteiger partial charge in [-0.2, -0.15) is 4.72 Å². The number of hydrogen-bond acceptors (Lipinski definition) is 5. The van der Waals surface area contributed by atoms with Gasteiger partial charge in [0.05, 0.1) is 22.9 Å². The van der Waals surface area contributed by atoms with Gasteiger partial charge in [0.15, 0.2) is 0 Å². The molecule has 0 bridgehead atoms. The van der Waals surface area contributed by atoms with Crippen molar-refractivity contribution in [1.29, 1.82) is 0 Å². The van der Waals surface area contributed by atoms with E-state index in [4.69, 9.17) is 14.9 Å². The second kappa shape index (κ2) is 6.87. The van der Waals surface area contributed by atoms with E-state index in [-0.39, 0.29) is 4.90 Å². The highest BCUT2D eigenvalue weighted by Crippen LogP contribution is 2.27. The lowest BCUT2D eigenvalue weighted by molar-refractivity contribution is -0.145. The van der Waals surface area contributed by atoms with Gasteiger partial charge in [0.2, 0.25) is 10.0 Å². The fraction of sp³-hybridized carbons (Fsp3) is 0.273. The highest BCUT2D eigenvalue weighted by atomic mass is 79.9.